The van der Waals surface area contributed by atoms with Crippen molar-refractivity contribution in [1.82, 2.24) is 0 Å². The quantitative estimate of drug-likeness (QED) is 0.0483. The van der Waals surface area contributed by atoms with Crippen LogP contribution in [0.5, 0.6) is 0 Å². The molecular formula is C57H76N2O11S. The molecule has 0 aliphatic rings. The summed E-state index contributed by atoms with van der Waals surface area (Å²) >= 11 is 1.18. The second-order valence-corrected chi connectivity index (χ2v) is 19.4. The molecule has 0 saturated heterocycles. The maximum atomic E-state index is 12.2. The van der Waals surface area contributed by atoms with Crippen LogP contribution in [0.1, 0.15) is 168 Å². The fourth-order valence-corrected chi connectivity index (χ4v) is 5.92. The summed E-state index contributed by atoms with van der Waals surface area (Å²) in [6, 6.07) is 29.5. The molecule has 0 fully saturated rings. The molecule has 386 valence electrons. The van der Waals surface area contributed by atoms with Crippen LogP contribution in [0.15, 0.2) is 104 Å². The van der Waals surface area contributed by atoms with Gasteiger partial charge in [-0.3, -0.25) is 28.8 Å². The third kappa shape index (κ3) is 22.8. The highest BCUT2D eigenvalue weighted by Gasteiger charge is 2.27. The van der Waals surface area contributed by atoms with Crippen LogP contribution in [0.25, 0.3) is 6.08 Å². The van der Waals surface area contributed by atoms with E-state index < -0.39 is 23.3 Å². The van der Waals surface area contributed by atoms with Crippen LogP contribution < -0.4 is 10.6 Å². The lowest BCUT2D eigenvalue weighted by molar-refractivity contribution is -0.159. The summed E-state index contributed by atoms with van der Waals surface area (Å²) < 4.78 is 9.65. The Labute approximate surface area is 425 Å². The van der Waals surface area contributed by atoms with E-state index in [-0.39, 0.29) is 59.8 Å². The van der Waals surface area contributed by atoms with Crippen molar-refractivity contribution in [2.24, 2.45) is 10.8 Å². The van der Waals surface area contributed by atoms with Gasteiger partial charge in [0.05, 0.1) is 23.8 Å². The van der Waals surface area contributed by atoms with Gasteiger partial charge in [-0.2, -0.15) is 0 Å². The van der Waals surface area contributed by atoms with Crippen LogP contribution in [0.4, 0.5) is 11.4 Å². The Morgan fingerprint density at radius 1 is 0.634 bits per heavy atom. The van der Waals surface area contributed by atoms with Crippen LogP contribution in [0.2, 0.25) is 0 Å². The van der Waals surface area contributed by atoms with Gasteiger partial charge in [0.2, 0.25) is 11.0 Å². The van der Waals surface area contributed by atoms with E-state index in [9.17, 15) is 33.6 Å². The number of aliphatic carboxylic acids is 1. The first-order valence-corrected chi connectivity index (χ1v) is 25.1. The van der Waals surface area contributed by atoms with E-state index in [0.717, 1.165) is 36.2 Å². The highest BCUT2D eigenvalue weighted by Crippen LogP contribution is 2.27. The molecule has 4 aromatic rings. The highest BCUT2D eigenvalue weighted by molar-refractivity contribution is 8.13. The Balaban J connectivity index is 0.000000478. The van der Waals surface area contributed by atoms with Crippen LogP contribution in [0, 0.1) is 10.8 Å². The number of nitrogens with one attached hydrogen (secondary N) is 2. The van der Waals surface area contributed by atoms with Gasteiger partial charge >= 0.3 is 23.9 Å². The van der Waals surface area contributed by atoms with Crippen molar-refractivity contribution in [2.45, 2.75) is 126 Å². The number of rotatable bonds is 20. The topological polar surface area (TPSA) is 202 Å². The molecule has 0 aromatic heterocycles. The van der Waals surface area contributed by atoms with Crippen molar-refractivity contribution in [3.05, 3.63) is 137 Å². The Kier molecular flexibility index (Phi) is 27.2. The number of hydrogen-bond donors (Lipinski definition) is 4. The number of esters is 2. The van der Waals surface area contributed by atoms with Gasteiger partial charge in [-0.05, 0) is 134 Å². The molecule has 71 heavy (non-hydrogen) atoms. The van der Waals surface area contributed by atoms with E-state index >= 15 is 0 Å². The fourth-order valence-electron chi connectivity index (χ4n) is 5.55. The lowest BCUT2D eigenvalue weighted by Crippen LogP contribution is -2.29. The number of amides is 2. The summed E-state index contributed by atoms with van der Waals surface area (Å²) in [7, 11) is 0. The first-order chi connectivity index (χ1) is 33.3. The number of carbonyl (C=O) groups excluding carboxylic acids is 5. The molecule has 0 heterocycles. The van der Waals surface area contributed by atoms with Crippen LogP contribution in [0.3, 0.4) is 0 Å². The average Bonchev–Trinajstić information content (AvgIpc) is 3.37. The molecule has 4 N–H and O–H groups in total. The summed E-state index contributed by atoms with van der Waals surface area (Å²) in [6.07, 6.45) is 6.67. The Morgan fingerprint density at radius 3 is 1.59 bits per heavy atom. The predicted molar refractivity (Wildman–Crippen MR) is 286 cm³/mol. The summed E-state index contributed by atoms with van der Waals surface area (Å²) in [5.41, 5.74) is 5.86. The summed E-state index contributed by atoms with van der Waals surface area (Å²) in [5, 5.41) is 22.9. The van der Waals surface area contributed by atoms with Crippen molar-refractivity contribution < 1.29 is 53.2 Å². The van der Waals surface area contributed by atoms with E-state index in [1.807, 2.05) is 88.4 Å². The number of hydrogen-bond acceptors (Lipinski definition) is 10. The maximum absolute atomic E-state index is 12.2. The lowest BCUT2D eigenvalue weighted by Gasteiger charge is -2.23. The minimum Gasteiger partial charge on any atom is -0.481 e. The van der Waals surface area contributed by atoms with Gasteiger partial charge in [0.25, 0.3) is 5.91 Å². The van der Waals surface area contributed by atoms with Crippen molar-refractivity contribution in [3.8, 4) is 0 Å². The van der Waals surface area contributed by atoms with Crippen molar-refractivity contribution in [3.63, 3.8) is 0 Å². The van der Waals surface area contributed by atoms with E-state index in [2.05, 4.69) is 51.8 Å². The summed E-state index contributed by atoms with van der Waals surface area (Å²) in [6.45, 7) is 25.7. The molecule has 4 rings (SSSR count). The van der Waals surface area contributed by atoms with Gasteiger partial charge in [0.1, 0.15) is 13.2 Å². The predicted octanol–water partition coefficient (Wildman–Crippen LogP) is 13.1. The van der Waals surface area contributed by atoms with E-state index in [0.29, 0.717) is 29.0 Å². The number of carboxylic acid groups (broad SMARTS) is 2. The van der Waals surface area contributed by atoms with Crippen molar-refractivity contribution in [1.29, 1.82) is 0 Å². The number of carboxylic acids is 2. The molecule has 1 atom stereocenters. The second-order valence-electron chi connectivity index (χ2n) is 18.6. The van der Waals surface area contributed by atoms with Crippen LogP contribution in [-0.2, 0) is 34.1 Å². The molecule has 0 spiro atoms. The molecular weight excluding hydrogens is 921 g/mol. The second kappa shape index (κ2) is 30.9. The number of anilines is 2. The largest absolute Gasteiger partial charge is 0.481 e. The Hall–Kier alpha value is -6.54. The zero-order valence-corrected chi connectivity index (χ0v) is 44.5. The SMILES string of the molecule is C=Cc1ccc(NC(=O)c2ccc(C(C)CC)cc2)cc1.CCC(C)(C)C(=O)Nc1ccc(C(=O)SC)cc1.CCC(C)(C)C(=O)OCCOC(=O)CCC(=O)O.CCC(C)(C)c1ccc(C(=O)O)cc1. The molecule has 0 radical (unpaired) electrons. The van der Waals surface area contributed by atoms with Crippen LogP contribution in [-0.4, -0.2) is 70.5 Å². The van der Waals surface area contributed by atoms with Gasteiger partial charge in [-0.25, -0.2) is 4.79 Å². The van der Waals surface area contributed by atoms with Gasteiger partial charge in [-0.1, -0.05) is 123 Å². The van der Waals surface area contributed by atoms with Crippen LogP contribution >= 0.6 is 11.8 Å². The van der Waals surface area contributed by atoms with Crippen molar-refractivity contribution >= 4 is 70.0 Å². The number of benzene rings is 4. The molecule has 0 saturated carbocycles. The third-order valence-electron chi connectivity index (χ3n) is 12.2. The molecule has 0 aliphatic carbocycles. The zero-order chi connectivity index (χ0) is 54.0. The Bertz CT molecular complexity index is 2340. The van der Waals surface area contributed by atoms with E-state index in [1.165, 1.54) is 22.9 Å². The smallest absolute Gasteiger partial charge is 0.335 e. The van der Waals surface area contributed by atoms with Gasteiger partial charge in [-0.15, -0.1) is 0 Å². The van der Waals surface area contributed by atoms with Gasteiger partial charge in [0, 0.05) is 27.9 Å². The zero-order valence-electron chi connectivity index (χ0n) is 43.7. The molecule has 0 aliphatic heterocycles. The highest BCUT2D eigenvalue weighted by atomic mass is 32.2. The standard InChI is InChI=1S/C19H21NO.C14H19NO2S.C12H20O6.C12H16O2/c1-4-14(3)16-8-10-17(11-9-16)19(21)20-18-12-6-15(5-2)7-13-18;1-5-14(2,3)13(17)15-11-8-6-10(7-9-11)12(16)18-4;1-4-12(2,3)11(16)18-8-7-17-10(15)6-5-9(13)14;1-4-12(2,3)10-7-5-9(6-8-10)11(13)14/h5-14H,2,4H2,1,3H3,(H,20,21);6-9H,5H2,1-4H3,(H,15,17);4-8H2,1-3H3,(H,13,14);5-8H,4H2,1-3H3,(H,13,14). The first-order valence-electron chi connectivity index (χ1n) is 23.8. The van der Waals surface area contributed by atoms with E-state index in [1.54, 1.807) is 62.6 Å². The minimum absolute atomic E-state index is 0.00561. The van der Waals surface area contributed by atoms with Crippen molar-refractivity contribution in [2.75, 3.05) is 30.1 Å². The third-order valence-corrected chi connectivity index (χ3v) is 12.8. The number of thioether (sulfide) groups is 1. The normalized spacial score (nSPS) is 11.3. The van der Waals surface area contributed by atoms with Gasteiger partial charge in [0.15, 0.2) is 0 Å². The number of carbonyl (C=O) groups is 7. The molecule has 14 heteroatoms. The number of ether oxygens (including phenoxy) is 2. The number of aromatic carboxylic acids is 1. The lowest BCUT2D eigenvalue weighted by atomic mass is 9.82. The molecule has 0 bridgehead atoms. The molecule has 4 aromatic carbocycles. The van der Waals surface area contributed by atoms with Gasteiger partial charge < -0.3 is 30.3 Å². The monoisotopic (exact) mass is 997 g/mol. The molecule has 13 nitrogen and oxygen atoms in total. The fraction of sp³-hybridized carbons (Fsp3) is 0.421. The Morgan fingerprint density at radius 2 is 1.13 bits per heavy atom. The average molecular weight is 997 g/mol. The summed E-state index contributed by atoms with van der Waals surface area (Å²) in [5.74, 6) is -2.44. The van der Waals surface area contributed by atoms with E-state index in [4.69, 9.17) is 19.7 Å². The summed E-state index contributed by atoms with van der Waals surface area (Å²) in [4.78, 5) is 78.9. The molecule has 1 unspecified atom stereocenters. The molecule has 2 amide bonds. The minimum atomic E-state index is -1.05. The first kappa shape index (κ1) is 62.5. The maximum Gasteiger partial charge on any atom is 0.335 e.